The van der Waals surface area contributed by atoms with Gasteiger partial charge in [-0.1, -0.05) is 12.1 Å². The quantitative estimate of drug-likeness (QED) is 0.905. The van der Waals surface area contributed by atoms with Gasteiger partial charge in [0.25, 0.3) is 5.91 Å². The van der Waals surface area contributed by atoms with Crippen LogP contribution in [0.4, 0.5) is 17.1 Å². The molecule has 1 heterocycles. The summed E-state index contributed by atoms with van der Waals surface area (Å²) in [5, 5.41) is 2.92. The SMILES string of the molecule is Cc1sc(C(=O)Nc2ccccc2N(C)C)cc1N. The van der Waals surface area contributed by atoms with Gasteiger partial charge >= 0.3 is 0 Å². The Bertz CT molecular complexity index is 585. The molecule has 5 heteroatoms. The molecule has 0 atom stereocenters. The van der Waals surface area contributed by atoms with Crippen LogP contribution in [0.2, 0.25) is 0 Å². The van der Waals surface area contributed by atoms with Crippen LogP contribution < -0.4 is 16.0 Å². The first-order chi connectivity index (χ1) is 8.99. The van der Waals surface area contributed by atoms with Gasteiger partial charge in [0.05, 0.1) is 16.3 Å². The van der Waals surface area contributed by atoms with Crippen molar-refractivity contribution >= 4 is 34.3 Å². The maximum absolute atomic E-state index is 12.2. The summed E-state index contributed by atoms with van der Waals surface area (Å²) < 4.78 is 0. The molecule has 0 aliphatic heterocycles. The predicted molar refractivity (Wildman–Crippen MR) is 82.2 cm³/mol. The molecule has 1 amide bonds. The second-order valence-electron chi connectivity index (χ2n) is 4.49. The second kappa shape index (κ2) is 5.32. The number of nitrogens with two attached hydrogens (primary N) is 1. The number of hydrogen-bond donors (Lipinski definition) is 2. The lowest BCUT2D eigenvalue weighted by molar-refractivity contribution is 0.103. The second-order valence-corrected chi connectivity index (χ2v) is 5.74. The molecule has 0 saturated heterocycles. The number of anilines is 3. The summed E-state index contributed by atoms with van der Waals surface area (Å²) in [6.07, 6.45) is 0. The number of aryl methyl sites for hydroxylation is 1. The van der Waals surface area contributed by atoms with E-state index >= 15 is 0 Å². The van der Waals surface area contributed by atoms with Crippen LogP contribution in [-0.4, -0.2) is 20.0 Å². The zero-order valence-electron chi connectivity index (χ0n) is 11.2. The van der Waals surface area contributed by atoms with Crippen LogP contribution in [0.3, 0.4) is 0 Å². The number of benzene rings is 1. The zero-order valence-corrected chi connectivity index (χ0v) is 12.0. The van der Waals surface area contributed by atoms with Gasteiger partial charge < -0.3 is 16.0 Å². The Hall–Kier alpha value is -2.01. The van der Waals surface area contributed by atoms with Gasteiger partial charge in [-0.15, -0.1) is 11.3 Å². The zero-order chi connectivity index (χ0) is 14.0. The van der Waals surface area contributed by atoms with Crippen molar-refractivity contribution in [2.75, 3.05) is 30.0 Å². The molecule has 100 valence electrons. The Morgan fingerprint density at radius 1 is 1.32 bits per heavy atom. The first-order valence-electron chi connectivity index (χ1n) is 5.92. The van der Waals surface area contributed by atoms with E-state index in [9.17, 15) is 4.79 Å². The monoisotopic (exact) mass is 275 g/mol. The lowest BCUT2D eigenvalue weighted by Gasteiger charge is -2.17. The van der Waals surface area contributed by atoms with Gasteiger partial charge in [-0.2, -0.15) is 0 Å². The van der Waals surface area contributed by atoms with E-state index in [0.29, 0.717) is 10.6 Å². The molecular weight excluding hydrogens is 258 g/mol. The molecule has 2 rings (SSSR count). The van der Waals surface area contributed by atoms with Gasteiger partial charge in [-0.25, -0.2) is 0 Å². The standard InChI is InChI=1S/C14H17N3OS/c1-9-10(15)8-13(19-9)14(18)16-11-6-4-5-7-12(11)17(2)3/h4-8H,15H2,1-3H3,(H,16,18). The summed E-state index contributed by atoms with van der Waals surface area (Å²) in [5.74, 6) is -0.126. The number of hydrogen-bond acceptors (Lipinski definition) is 4. The van der Waals surface area contributed by atoms with E-state index in [1.807, 2.05) is 50.2 Å². The lowest BCUT2D eigenvalue weighted by Crippen LogP contribution is -2.15. The van der Waals surface area contributed by atoms with Crippen molar-refractivity contribution in [3.63, 3.8) is 0 Å². The van der Waals surface area contributed by atoms with Gasteiger partial charge in [0, 0.05) is 24.7 Å². The molecule has 0 aliphatic carbocycles. The number of thiophene rings is 1. The molecule has 19 heavy (non-hydrogen) atoms. The third kappa shape index (κ3) is 2.88. The van der Waals surface area contributed by atoms with Gasteiger partial charge in [-0.3, -0.25) is 4.79 Å². The minimum atomic E-state index is -0.126. The van der Waals surface area contributed by atoms with Crippen molar-refractivity contribution in [3.8, 4) is 0 Å². The van der Waals surface area contributed by atoms with E-state index in [0.717, 1.165) is 16.3 Å². The average Bonchev–Trinajstić information content (AvgIpc) is 2.70. The highest BCUT2D eigenvalue weighted by atomic mass is 32.1. The first kappa shape index (κ1) is 13.4. The van der Waals surface area contributed by atoms with E-state index < -0.39 is 0 Å². The van der Waals surface area contributed by atoms with E-state index in [-0.39, 0.29) is 5.91 Å². The summed E-state index contributed by atoms with van der Waals surface area (Å²) in [4.78, 5) is 15.7. The molecule has 0 fully saturated rings. The van der Waals surface area contributed by atoms with E-state index in [4.69, 9.17) is 5.73 Å². The van der Waals surface area contributed by atoms with Gasteiger partial charge in [0.2, 0.25) is 0 Å². The number of nitrogens with one attached hydrogen (secondary N) is 1. The molecule has 0 unspecified atom stereocenters. The summed E-state index contributed by atoms with van der Waals surface area (Å²) in [5.41, 5.74) is 8.20. The fraction of sp³-hybridized carbons (Fsp3) is 0.214. The molecule has 4 nitrogen and oxygen atoms in total. The van der Waals surface area contributed by atoms with Crippen LogP contribution in [0, 0.1) is 6.92 Å². The molecule has 1 aromatic carbocycles. The highest BCUT2D eigenvalue weighted by molar-refractivity contribution is 7.14. The number of rotatable bonds is 3. The summed E-state index contributed by atoms with van der Waals surface area (Å²) >= 11 is 1.41. The minimum Gasteiger partial charge on any atom is -0.398 e. The summed E-state index contributed by atoms with van der Waals surface area (Å²) in [6, 6.07) is 9.41. The van der Waals surface area contributed by atoms with Crippen LogP contribution in [0.5, 0.6) is 0 Å². The van der Waals surface area contributed by atoms with Crippen LogP contribution in [0.25, 0.3) is 0 Å². The fourth-order valence-corrected chi connectivity index (χ4v) is 2.60. The van der Waals surface area contributed by atoms with Crippen molar-refractivity contribution in [2.45, 2.75) is 6.92 Å². The van der Waals surface area contributed by atoms with Crippen molar-refractivity contribution in [1.29, 1.82) is 0 Å². The fourth-order valence-electron chi connectivity index (χ4n) is 1.76. The van der Waals surface area contributed by atoms with Crippen LogP contribution in [-0.2, 0) is 0 Å². The van der Waals surface area contributed by atoms with Crippen molar-refractivity contribution in [3.05, 3.63) is 40.1 Å². The maximum atomic E-state index is 12.2. The van der Waals surface area contributed by atoms with Crippen molar-refractivity contribution in [2.24, 2.45) is 0 Å². The van der Waals surface area contributed by atoms with Crippen LogP contribution in [0.1, 0.15) is 14.5 Å². The molecule has 0 aliphatic rings. The number of para-hydroxylation sites is 2. The number of amides is 1. The predicted octanol–water partition coefficient (Wildman–Crippen LogP) is 2.96. The summed E-state index contributed by atoms with van der Waals surface area (Å²) in [6.45, 7) is 1.91. The third-order valence-corrected chi connectivity index (χ3v) is 3.88. The Labute approximate surface area is 116 Å². The minimum absolute atomic E-state index is 0.126. The highest BCUT2D eigenvalue weighted by Gasteiger charge is 2.13. The van der Waals surface area contributed by atoms with Gasteiger partial charge in [0.15, 0.2) is 0 Å². The molecule has 2 aromatic rings. The summed E-state index contributed by atoms with van der Waals surface area (Å²) in [7, 11) is 3.89. The smallest absolute Gasteiger partial charge is 0.265 e. The average molecular weight is 275 g/mol. The molecular formula is C14H17N3OS. The number of carbonyl (C=O) groups excluding carboxylic acids is 1. The molecule has 3 N–H and O–H groups in total. The Kier molecular flexibility index (Phi) is 3.76. The van der Waals surface area contributed by atoms with Crippen LogP contribution >= 0.6 is 11.3 Å². The largest absolute Gasteiger partial charge is 0.398 e. The van der Waals surface area contributed by atoms with Gasteiger partial charge in [-0.05, 0) is 25.1 Å². The number of carbonyl (C=O) groups is 1. The third-order valence-electron chi connectivity index (χ3n) is 2.81. The maximum Gasteiger partial charge on any atom is 0.265 e. The Morgan fingerprint density at radius 3 is 2.58 bits per heavy atom. The van der Waals surface area contributed by atoms with Crippen molar-refractivity contribution in [1.82, 2.24) is 0 Å². The Balaban J connectivity index is 2.24. The first-order valence-corrected chi connectivity index (χ1v) is 6.74. The Morgan fingerprint density at radius 2 is 2.00 bits per heavy atom. The van der Waals surface area contributed by atoms with E-state index in [2.05, 4.69) is 5.32 Å². The number of nitrogens with zero attached hydrogens (tertiary/aromatic N) is 1. The van der Waals surface area contributed by atoms with E-state index in [1.165, 1.54) is 11.3 Å². The van der Waals surface area contributed by atoms with E-state index in [1.54, 1.807) is 6.07 Å². The van der Waals surface area contributed by atoms with Crippen LogP contribution in [0.15, 0.2) is 30.3 Å². The lowest BCUT2D eigenvalue weighted by atomic mass is 10.2. The van der Waals surface area contributed by atoms with Gasteiger partial charge in [0.1, 0.15) is 0 Å². The molecule has 0 bridgehead atoms. The molecule has 1 aromatic heterocycles. The number of nitrogen functional groups attached to an aromatic ring is 1. The van der Waals surface area contributed by atoms with Crippen molar-refractivity contribution < 1.29 is 4.79 Å². The normalized spacial score (nSPS) is 10.3. The highest BCUT2D eigenvalue weighted by Crippen LogP contribution is 2.27. The molecule has 0 saturated carbocycles. The molecule has 0 spiro atoms. The topological polar surface area (TPSA) is 58.4 Å². The molecule has 0 radical (unpaired) electrons.